The average molecular weight is 391 g/mol. The van der Waals surface area contributed by atoms with Crippen molar-refractivity contribution in [2.24, 2.45) is 5.92 Å². The Morgan fingerprint density at radius 2 is 1.93 bits per heavy atom. The molecule has 4 rings (SSSR count). The van der Waals surface area contributed by atoms with Crippen LogP contribution in [0.5, 0.6) is 0 Å². The zero-order chi connectivity index (χ0) is 20.5. The third kappa shape index (κ3) is 4.13. The highest BCUT2D eigenvalue weighted by Gasteiger charge is 2.29. The minimum atomic E-state index is -0.166. The molecule has 2 N–H and O–H groups in total. The molecule has 1 aliphatic rings. The zero-order valence-corrected chi connectivity index (χ0v) is 16.9. The van der Waals surface area contributed by atoms with Crippen LogP contribution in [0.25, 0.3) is 11.0 Å². The second-order valence-corrected chi connectivity index (χ2v) is 7.86. The maximum absolute atomic E-state index is 12.7. The van der Waals surface area contributed by atoms with Crippen LogP contribution in [-0.4, -0.2) is 26.6 Å². The van der Waals surface area contributed by atoms with Crippen LogP contribution in [-0.2, 0) is 11.3 Å². The summed E-state index contributed by atoms with van der Waals surface area (Å²) in [5.74, 6) is 0.0984. The molecule has 2 amide bonds. The molecule has 2 heterocycles. The van der Waals surface area contributed by atoms with E-state index < -0.39 is 0 Å². The smallest absolute Gasteiger partial charge is 0.253 e. The van der Waals surface area contributed by atoms with Crippen LogP contribution < -0.4 is 10.6 Å². The molecule has 0 spiro atoms. The number of nitrogens with zero attached hydrogens (tertiary/aromatic N) is 3. The summed E-state index contributed by atoms with van der Waals surface area (Å²) in [5.41, 5.74) is 3.76. The number of fused-ring (bicyclic) bond motifs is 1. The van der Waals surface area contributed by atoms with Gasteiger partial charge in [-0.15, -0.1) is 0 Å². The molecule has 0 unspecified atom stereocenters. The Bertz CT molecular complexity index is 1060. The number of nitrogens with one attached hydrogen (secondary N) is 2. The molecule has 1 aromatic carbocycles. The van der Waals surface area contributed by atoms with Crippen LogP contribution in [0.15, 0.2) is 36.5 Å². The summed E-state index contributed by atoms with van der Waals surface area (Å²) in [6, 6.07) is 9.58. The lowest BCUT2D eigenvalue weighted by Crippen LogP contribution is -2.24. The fourth-order valence-corrected chi connectivity index (χ4v) is 3.25. The van der Waals surface area contributed by atoms with E-state index in [4.69, 9.17) is 0 Å². The van der Waals surface area contributed by atoms with Crippen molar-refractivity contribution in [3.05, 3.63) is 53.3 Å². The Morgan fingerprint density at radius 3 is 2.59 bits per heavy atom. The number of amides is 2. The summed E-state index contributed by atoms with van der Waals surface area (Å²) < 4.78 is 1.85. The molecule has 7 nitrogen and oxygen atoms in total. The predicted molar refractivity (Wildman–Crippen MR) is 112 cm³/mol. The molecule has 1 saturated carbocycles. The molecule has 0 radical (unpaired) electrons. The topological polar surface area (TPSA) is 88.9 Å². The molecular formula is C22H25N5O2. The van der Waals surface area contributed by atoms with E-state index in [0.717, 1.165) is 35.1 Å². The lowest BCUT2D eigenvalue weighted by molar-refractivity contribution is -0.117. The molecule has 0 bridgehead atoms. The summed E-state index contributed by atoms with van der Waals surface area (Å²) >= 11 is 0. The molecule has 29 heavy (non-hydrogen) atoms. The van der Waals surface area contributed by atoms with E-state index in [1.165, 1.54) is 0 Å². The van der Waals surface area contributed by atoms with Gasteiger partial charge in [0.1, 0.15) is 0 Å². The number of hydrogen-bond donors (Lipinski definition) is 2. The highest BCUT2D eigenvalue weighted by atomic mass is 16.2. The standard InChI is InChI=1S/C22H25N5O2/c1-13(2)27-20-17(12-24-27)10-19(14(3)25-20)22(29)23-11-15-4-8-18(9-5-15)26-21(28)16-6-7-16/h4-5,8-10,12-13,16H,6-7,11H2,1-3H3,(H,23,29)(H,26,28). The quantitative estimate of drug-likeness (QED) is 0.672. The summed E-state index contributed by atoms with van der Waals surface area (Å²) in [4.78, 5) is 29.1. The zero-order valence-electron chi connectivity index (χ0n) is 16.9. The first kappa shape index (κ1) is 19.1. The molecule has 2 aromatic heterocycles. The second-order valence-electron chi connectivity index (χ2n) is 7.86. The Labute approximate surface area is 169 Å². The van der Waals surface area contributed by atoms with Crippen LogP contribution in [0, 0.1) is 12.8 Å². The van der Waals surface area contributed by atoms with E-state index in [9.17, 15) is 9.59 Å². The first-order valence-electron chi connectivity index (χ1n) is 9.95. The Kier molecular flexibility index (Phi) is 5.05. The van der Waals surface area contributed by atoms with Crippen molar-refractivity contribution in [2.75, 3.05) is 5.32 Å². The first-order valence-corrected chi connectivity index (χ1v) is 9.95. The number of carbonyl (C=O) groups is 2. The van der Waals surface area contributed by atoms with Gasteiger partial charge in [0.05, 0.1) is 17.5 Å². The first-order chi connectivity index (χ1) is 13.9. The SMILES string of the molecule is Cc1nc2c(cnn2C(C)C)cc1C(=O)NCc1ccc(NC(=O)C2CC2)cc1. The maximum Gasteiger partial charge on any atom is 0.253 e. The number of aromatic nitrogens is 3. The van der Waals surface area contributed by atoms with Crippen molar-refractivity contribution >= 4 is 28.5 Å². The lowest BCUT2D eigenvalue weighted by atomic mass is 10.1. The molecule has 1 aliphatic carbocycles. The Balaban J connectivity index is 1.41. The largest absolute Gasteiger partial charge is 0.348 e. The number of carbonyl (C=O) groups excluding carboxylic acids is 2. The number of benzene rings is 1. The Morgan fingerprint density at radius 1 is 1.21 bits per heavy atom. The van der Waals surface area contributed by atoms with Gasteiger partial charge in [0, 0.05) is 29.6 Å². The highest BCUT2D eigenvalue weighted by molar-refractivity contribution is 5.98. The van der Waals surface area contributed by atoms with Crippen LogP contribution in [0.4, 0.5) is 5.69 Å². The lowest BCUT2D eigenvalue weighted by Gasteiger charge is -2.10. The van der Waals surface area contributed by atoms with Gasteiger partial charge >= 0.3 is 0 Å². The molecule has 1 fully saturated rings. The minimum Gasteiger partial charge on any atom is -0.348 e. The van der Waals surface area contributed by atoms with E-state index in [2.05, 4.69) is 20.7 Å². The summed E-state index contributed by atoms with van der Waals surface area (Å²) in [5, 5.41) is 11.1. The summed E-state index contributed by atoms with van der Waals surface area (Å²) in [7, 11) is 0. The van der Waals surface area contributed by atoms with Crippen molar-refractivity contribution in [3.8, 4) is 0 Å². The number of hydrogen-bond acceptors (Lipinski definition) is 4. The third-order valence-corrected chi connectivity index (χ3v) is 5.12. The predicted octanol–water partition coefficient (Wildman–Crippen LogP) is 3.60. The summed E-state index contributed by atoms with van der Waals surface area (Å²) in [6.45, 7) is 6.33. The van der Waals surface area contributed by atoms with Gasteiger partial charge in [-0.1, -0.05) is 12.1 Å². The fraction of sp³-hybridized carbons (Fsp3) is 0.364. The molecule has 7 heteroatoms. The highest BCUT2D eigenvalue weighted by Crippen LogP contribution is 2.30. The average Bonchev–Trinajstić information content (AvgIpc) is 3.47. The van der Waals surface area contributed by atoms with Gasteiger partial charge in [-0.05, 0) is 57.4 Å². The van der Waals surface area contributed by atoms with E-state index in [1.807, 2.05) is 55.8 Å². The van der Waals surface area contributed by atoms with E-state index in [0.29, 0.717) is 17.8 Å². The van der Waals surface area contributed by atoms with Crippen molar-refractivity contribution in [3.63, 3.8) is 0 Å². The monoisotopic (exact) mass is 391 g/mol. The molecule has 3 aromatic rings. The Hall–Kier alpha value is -3.22. The van der Waals surface area contributed by atoms with Crippen LogP contribution in [0.3, 0.4) is 0 Å². The molecule has 0 atom stereocenters. The van der Waals surface area contributed by atoms with Gasteiger partial charge in [-0.3, -0.25) is 9.59 Å². The molecule has 0 aliphatic heterocycles. The second kappa shape index (κ2) is 7.66. The van der Waals surface area contributed by atoms with Crippen molar-refractivity contribution in [1.82, 2.24) is 20.1 Å². The van der Waals surface area contributed by atoms with Crippen LogP contribution in [0.2, 0.25) is 0 Å². The van der Waals surface area contributed by atoms with Gasteiger partial charge in [-0.25, -0.2) is 9.67 Å². The number of pyridine rings is 1. The van der Waals surface area contributed by atoms with E-state index >= 15 is 0 Å². The fourth-order valence-electron chi connectivity index (χ4n) is 3.25. The van der Waals surface area contributed by atoms with Crippen molar-refractivity contribution in [2.45, 2.75) is 46.2 Å². The van der Waals surface area contributed by atoms with Gasteiger partial charge in [0.2, 0.25) is 5.91 Å². The van der Waals surface area contributed by atoms with Gasteiger partial charge in [0.25, 0.3) is 5.91 Å². The van der Waals surface area contributed by atoms with Gasteiger partial charge in [0.15, 0.2) is 5.65 Å². The number of anilines is 1. The van der Waals surface area contributed by atoms with E-state index in [-0.39, 0.29) is 23.8 Å². The summed E-state index contributed by atoms with van der Waals surface area (Å²) in [6.07, 6.45) is 3.70. The van der Waals surface area contributed by atoms with Gasteiger partial charge < -0.3 is 10.6 Å². The van der Waals surface area contributed by atoms with Gasteiger partial charge in [-0.2, -0.15) is 5.10 Å². The van der Waals surface area contributed by atoms with Crippen molar-refractivity contribution in [1.29, 1.82) is 0 Å². The molecule has 150 valence electrons. The van der Waals surface area contributed by atoms with Crippen molar-refractivity contribution < 1.29 is 9.59 Å². The third-order valence-electron chi connectivity index (χ3n) is 5.12. The normalized spacial score (nSPS) is 13.7. The number of aryl methyl sites for hydroxylation is 1. The molecule has 0 saturated heterocycles. The maximum atomic E-state index is 12.7. The van der Waals surface area contributed by atoms with Crippen LogP contribution >= 0.6 is 0 Å². The minimum absolute atomic E-state index is 0.0882. The van der Waals surface area contributed by atoms with E-state index in [1.54, 1.807) is 6.20 Å². The molecular weight excluding hydrogens is 366 g/mol. The van der Waals surface area contributed by atoms with Crippen LogP contribution in [0.1, 0.15) is 54.3 Å². The number of rotatable bonds is 6.